The molecule has 1 heteroatoms. The average molecular weight is 214 g/mol. The van der Waals surface area contributed by atoms with Crippen LogP contribution in [0.25, 0.3) is 0 Å². The van der Waals surface area contributed by atoms with Gasteiger partial charge >= 0.3 is 0 Å². The Bertz CT molecular complexity index is 143. The molecule has 1 aliphatic carbocycles. The summed E-state index contributed by atoms with van der Waals surface area (Å²) < 4.78 is 0. The highest BCUT2D eigenvalue weighted by atomic mass is 32.2. The first kappa shape index (κ1) is 12.4. The summed E-state index contributed by atoms with van der Waals surface area (Å²) in [5, 5.41) is 0. The Morgan fingerprint density at radius 3 is 2.14 bits per heavy atom. The summed E-state index contributed by atoms with van der Waals surface area (Å²) in [6, 6.07) is 0. The van der Waals surface area contributed by atoms with Crippen LogP contribution in [0.5, 0.6) is 0 Å². The molecular formula is C13H26S. The van der Waals surface area contributed by atoms with Crippen molar-refractivity contribution in [1.29, 1.82) is 0 Å². The maximum Gasteiger partial charge on any atom is -0.00340 e. The van der Waals surface area contributed by atoms with Gasteiger partial charge in [-0.05, 0) is 54.4 Å². The zero-order chi connectivity index (χ0) is 10.6. The molecule has 0 bridgehead atoms. The lowest BCUT2D eigenvalue weighted by atomic mass is 9.70. The van der Waals surface area contributed by atoms with Crippen LogP contribution in [0.2, 0.25) is 0 Å². The molecule has 2 unspecified atom stereocenters. The summed E-state index contributed by atoms with van der Waals surface area (Å²) >= 11 is 2.17. The molecule has 0 saturated heterocycles. The van der Waals surface area contributed by atoms with E-state index in [4.69, 9.17) is 0 Å². The Kier molecular flexibility index (Phi) is 5.36. The molecule has 0 aromatic rings. The lowest BCUT2D eigenvalue weighted by molar-refractivity contribution is 0.154. The zero-order valence-corrected chi connectivity index (χ0v) is 11.1. The van der Waals surface area contributed by atoms with Crippen LogP contribution >= 0.6 is 11.8 Å². The van der Waals surface area contributed by atoms with E-state index >= 15 is 0 Å². The molecule has 0 aromatic heterocycles. The van der Waals surface area contributed by atoms with Crippen molar-refractivity contribution in [3.05, 3.63) is 0 Å². The van der Waals surface area contributed by atoms with E-state index in [0.717, 1.165) is 23.7 Å². The fourth-order valence-corrected chi connectivity index (χ4v) is 4.35. The third kappa shape index (κ3) is 3.49. The van der Waals surface area contributed by atoms with Gasteiger partial charge in [-0.25, -0.2) is 0 Å². The predicted molar refractivity (Wildman–Crippen MR) is 67.8 cm³/mol. The second-order valence-electron chi connectivity index (χ2n) is 5.27. The van der Waals surface area contributed by atoms with Crippen molar-refractivity contribution in [3.63, 3.8) is 0 Å². The molecule has 1 saturated carbocycles. The van der Waals surface area contributed by atoms with Gasteiger partial charge in [-0.1, -0.05) is 27.7 Å². The Morgan fingerprint density at radius 2 is 1.64 bits per heavy atom. The summed E-state index contributed by atoms with van der Waals surface area (Å²) in [4.78, 5) is 0. The zero-order valence-electron chi connectivity index (χ0n) is 10.3. The minimum atomic E-state index is 0.957. The van der Waals surface area contributed by atoms with Crippen LogP contribution in [0, 0.1) is 23.7 Å². The van der Waals surface area contributed by atoms with Gasteiger partial charge in [-0.15, -0.1) is 0 Å². The van der Waals surface area contributed by atoms with Crippen molar-refractivity contribution in [2.24, 2.45) is 23.7 Å². The van der Waals surface area contributed by atoms with Crippen LogP contribution in [0.4, 0.5) is 0 Å². The minimum absolute atomic E-state index is 0.957. The molecular weight excluding hydrogens is 188 g/mol. The summed E-state index contributed by atoms with van der Waals surface area (Å²) in [5.41, 5.74) is 0. The van der Waals surface area contributed by atoms with Crippen molar-refractivity contribution >= 4 is 11.8 Å². The summed E-state index contributed by atoms with van der Waals surface area (Å²) in [5.74, 6) is 6.63. The topological polar surface area (TPSA) is 0 Å². The number of hydrogen-bond acceptors (Lipinski definition) is 1. The van der Waals surface area contributed by atoms with Gasteiger partial charge in [0.2, 0.25) is 0 Å². The molecule has 14 heavy (non-hydrogen) atoms. The highest BCUT2D eigenvalue weighted by Gasteiger charge is 2.30. The first-order valence-corrected chi connectivity index (χ1v) is 7.38. The number of rotatable bonds is 4. The van der Waals surface area contributed by atoms with Crippen LogP contribution < -0.4 is 0 Å². The molecule has 2 atom stereocenters. The monoisotopic (exact) mass is 214 g/mol. The van der Waals surface area contributed by atoms with Crippen molar-refractivity contribution in [3.8, 4) is 0 Å². The van der Waals surface area contributed by atoms with Crippen LogP contribution in [0.3, 0.4) is 0 Å². The second kappa shape index (κ2) is 6.05. The van der Waals surface area contributed by atoms with Gasteiger partial charge in [0.05, 0.1) is 0 Å². The SMILES string of the molecule is CCCSCC1C(C)CC(C)CC1C. The molecule has 0 aliphatic heterocycles. The van der Waals surface area contributed by atoms with Crippen LogP contribution in [0.1, 0.15) is 47.0 Å². The van der Waals surface area contributed by atoms with E-state index < -0.39 is 0 Å². The third-order valence-corrected chi connectivity index (χ3v) is 4.99. The lowest BCUT2D eigenvalue weighted by Crippen LogP contribution is -2.30. The Morgan fingerprint density at radius 1 is 1.07 bits per heavy atom. The lowest BCUT2D eigenvalue weighted by Gasteiger charge is -2.37. The second-order valence-corrected chi connectivity index (χ2v) is 6.42. The number of hydrogen-bond donors (Lipinski definition) is 0. The standard InChI is InChI=1S/C13H26S/c1-5-6-14-9-13-11(3)7-10(2)8-12(13)4/h10-13H,5-9H2,1-4H3. The van der Waals surface area contributed by atoms with E-state index in [1.54, 1.807) is 0 Å². The summed E-state index contributed by atoms with van der Waals surface area (Å²) in [6.45, 7) is 9.62. The molecule has 0 N–H and O–H groups in total. The maximum absolute atomic E-state index is 2.46. The fraction of sp³-hybridized carbons (Fsp3) is 1.00. The van der Waals surface area contributed by atoms with Crippen LogP contribution in [-0.2, 0) is 0 Å². The van der Waals surface area contributed by atoms with Gasteiger partial charge in [-0.3, -0.25) is 0 Å². The summed E-state index contributed by atoms with van der Waals surface area (Å²) in [7, 11) is 0. The molecule has 0 aromatic carbocycles. The molecule has 0 heterocycles. The van der Waals surface area contributed by atoms with E-state index in [-0.39, 0.29) is 0 Å². The quantitative estimate of drug-likeness (QED) is 0.623. The van der Waals surface area contributed by atoms with Gasteiger partial charge in [0.15, 0.2) is 0 Å². The van der Waals surface area contributed by atoms with Gasteiger partial charge < -0.3 is 0 Å². The molecule has 1 rings (SSSR count). The fourth-order valence-electron chi connectivity index (χ4n) is 2.97. The van der Waals surface area contributed by atoms with Crippen LogP contribution in [0.15, 0.2) is 0 Å². The van der Waals surface area contributed by atoms with Gasteiger partial charge in [0.1, 0.15) is 0 Å². The normalized spacial score (nSPS) is 38.6. The molecule has 0 spiro atoms. The molecule has 0 amide bonds. The molecule has 0 radical (unpaired) electrons. The van der Waals surface area contributed by atoms with Gasteiger partial charge in [0.25, 0.3) is 0 Å². The molecule has 1 aliphatic rings. The predicted octanol–water partition coefficient (Wildman–Crippen LogP) is 4.45. The smallest absolute Gasteiger partial charge is 0.00340 e. The van der Waals surface area contributed by atoms with Gasteiger partial charge in [-0.2, -0.15) is 11.8 Å². The minimum Gasteiger partial charge on any atom is -0.162 e. The Labute approximate surface area is 94.2 Å². The van der Waals surface area contributed by atoms with E-state index in [2.05, 4.69) is 39.5 Å². The highest BCUT2D eigenvalue weighted by molar-refractivity contribution is 7.99. The van der Waals surface area contributed by atoms with Crippen molar-refractivity contribution < 1.29 is 0 Å². The van der Waals surface area contributed by atoms with Crippen molar-refractivity contribution in [2.45, 2.75) is 47.0 Å². The third-order valence-electron chi connectivity index (χ3n) is 3.67. The highest BCUT2D eigenvalue weighted by Crippen LogP contribution is 2.39. The average Bonchev–Trinajstić information content (AvgIpc) is 2.09. The van der Waals surface area contributed by atoms with E-state index in [1.807, 2.05) is 0 Å². The first-order valence-electron chi connectivity index (χ1n) is 6.22. The Balaban J connectivity index is 2.34. The Hall–Kier alpha value is 0.350. The largest absolute Gasteiger partial charge is 0.162 e. The molecule has 0 nitrogen and oxygen atoms in total. The van der Waals surface area contributed by atoms with E-state index in [1.165, 1.54) is 30.8 Å². The molecule has 1 fully saturated rings. The van der Waals surface area contributed by atoms with E-state index in [9.17, 15) is 0 Å². The number of thioether (sulfide) groups is 1. The van der Waals surface area contributed by atoms with E-state index in [0.29, 0.717) is 0 Å². The first-order chi connectivity index (χ1) is 6.65. The maximum atomic E-state index is 2.46. The van der Waals surface area contributed by atoms with Crippen molar-refractivity contribution in [1.82, 2.24) is 0 Å². The van der Waals surface area contributed by atoms with Crippen LogP contribution in [-0.4, -0.2) is 11.5 Å². The summed E-state index contributed by atoms with van der Waals surface area (Å²) in [6.07, 6.45) is 4.25. The van der Waals surface area contributed by atoms with Gasteiger partial charge in [0, 0.05) is 0 Å². The molecule has 84 valence electrons. The van der Waals surface area contributed by atoms with Crippen molar-refractivity contribution in [2.75, 3.05) is 11.5 Å².